The van der Waals surface area contributed by atoms with E-state index in [4.69, 9.17) is 6.11 Å². The zero-order chi connectivity index (χ0) is 5.54. The summed E-state index contributed by atoms with van der Waals surface area (Å²) in [6.07, 6.45) is 0. The number of ether oxygens (including phenoxy) is 2. The van der Waals surface area contributed by atoms with Crippen molar-refractivity contribution in [2.45, 2.75) is 6.92 Å². The van der Waals surface area contributed by atoms with Crippen molar-refractivity contribution in [2.24, 2.45) is 0 Å². The highest BCUT2D eigenvalue weighted by Crippen LogP contribution is 1.68. The number of hydrogen-bond donors (Lipinski definition) is 0. The molecule has 2 nitrogen and oxygen atoms in total. The Labute approximate surface area is 39.5 Å². The summed E-state index contributed by atoms with van der Waals surface area (Å²) in [4.78, 5) is 0. The lowest BCUT2D eigenvalue weighted by atomic mass is 10.9. The maximum absolute atomic E-state index is 6.48. The van der Waals surface area contributed by atoms with E-state index in [0.717, 1.165) is 0 Å². The van der Waals surface area contributed by atoms with Crippen LogP contribution in [-0.2, 0) is 9.47 Å². The lowest BCUT2D eigenvalue weighted by Crippen LogP contribution is -1.93. The molecule has 0 bridgehead atoms. The Balaban J connectivity index is 2.45. The Kier molecular flexibility index (Phi) is 3.35. The standard InChI is InChI=1S/C4H10O2/c1-3-6-4-5-2/h3-4H2,1-2H3/i2T. The molecule has 0 fully saturated rings. The molecule has 0 aromatic carbocycles. The fourth-order valence-corrected chi connectivity index (χ4v) is 0.142. The fraction of sp³-hybridized carbons (Fsp3) is 1.00. The number of hydrogen-bond acceptors (Lipinski definition) is 2. The first kappa shape index (κ1) is 4.09. The van der Waals surface area contributed by atoms with Crippen LogP contribution in [0.1, 0.15) is 8.29 Å². The molecule has 0 aromatic heterocycles. The van der Waals surface area contributed by atoms with Crippen LogP contribution in [0.15, 0.2) is 0 Å². The van der Waals surface area contributed by atoms with Crippen LogP contribution >= 0.6 is 0 Å². The molecule has 0 N–H and O–H groups in total. The summed E-state index contributed by atoms with van der Waals surface area (Å²) >= 11 is 0. The van der Waals surface area contributed by atoms with Gasteiger partial charge in [-0.25, -0.2) is 0 Å². The average molecular weight is 92.1 g/mol. The predicted molar refractivity (Wildman–Crippen MR) is 23.5 cm³/mol. The van der Waals surface area contributed by atoms with Crippen molar-refractivity contribution in [1.82, 2.24) is 0 Å². The number of methoxy groups -OCH3 is 1. The molecule has 0 spiro atoms. The monoisotopic (exact) mass is 92.1 g/mol. The average Bonchev–Trinajstić information content (AvgIpc) is 1.69. The Morgan fingerprint density at radius 3 is 3.17 bits per heavy atom. The molecule has 2 heteroatoms. The summed E-state index contributed by atoms with van der Waals surface area (Å²) in [5.74, 6) is 0. The van der Waals surface area contributed by atoms with Crippen molar-refractivity contribution in [3.8, 4) is 0 Å². The minimum atomic E-state index is -0.0139. The van der Waals surface area contributed by atoms with Gasteiger partial charge in [0.2, 0.25) is 0 Å². The summed E-state index contributed by atoms with van der Waals surface area (Å²) in [5, 5.41) is 0. The SMILES string of the molecule is [3H]COCOCC. The van der Waals surface area contributed by atoms with E-state index in [-0.39, 0.29) is 13.9 Å². The van der Waals surface area contributed by atoms with Gasteiger partial charge in [0.15, 0.2) is 0 Å². The van der Waals surface area contributed by atoms with E-state index in [0.29, 0.717) is 6.61 Å². The highest BCUT2D eigenvalue weighted by atomic mass is 16.7. The Morgan fingerprint density at radius 2 is 2.67 bits per heavy atom. The van der Waals surface area contributed by atoms with Crippen molar-refractivity contribution >= 4 is 0 Å². The summed E-state index contributed by atoms with van der Waals surface area (Å²) in [7, 11) is -0.0139. The summed E-state index contributed by atoms with van der Waals surface area (Å²) < 4.78 is 15.7. The van der Waals surface area contributed by atoms with Gasteiger partial charge in [-0.05, 0) is 6.92 Å². The minimum absolute atomic E-state index is 0.0139. The Bertz CT molecular complexity index is 28.9. The zero-order valence-corrected chi connectivity index (χ0v) is 3.94. The minimum Gasteiger partial charge on any atom is -0.359 e. The third-order valence-electron chi connectivity index (χ3n) is 0.371. The van der Waals surface area contributed by atoms with Crippen LogP contribution in [0.3, 0.4) is 0 Å². The molecule has 0 heterocycles. The van der Waals surface area contributed by atoms with Gasteiger partial charge in [0.05, 0.1) is 1.37 Å². The van der Waals surface area contributed by atoms with E-state index >= 15 is 0 Å². The summed E-state index contributed by atoms with van der Waals surface area (Å²) in [5.41, 5.74) is 0. The normalized spacial score (nSPS) is 11.2. The molecule has 0 unspecified atom stereocenters. The van der Waals surface area contributed by atoms with E-state index < -0.39 is 0 Å². The first-order chi connectivity index (χ1) is 3.41. The van der Waals surface area contributed by atoms with Crippen molar-refractivity contribution < 1.29 is 10.8 Å². The zero-order valence-electron chi connectivity index (χ0n) is 4.94. The van der Waals surface area contributed by atoms with Crippen LogP contribution in [-0.4, -0.2) is 20.5 Å². The van der Waals surface area contributed by atoms with Gasteiger partial charge in [-0.2, -0.15) is 0 Å². The lowest BCUT2D eigenvalue weighted by Gasteiger charge is -1.93. The van der Waals surface area contributed by atoms with Crippen LogP contribution in [0.5, 0.6) is 0 Å². The second-order valence-corrected chi connectivity index (χ2v) is 0.815. The van der Waals surface area contributed by atoms with Gasteiger partial charge in [0.1, 0.15) is 6.79 Å². The molecule has 0 aliphatic rings. The molecule has 0 aromatic rings. The quantitative estimate of drug-likeness (QED) is 0.375. The van der Waals surface area contributed by atoms with Crippen molar-refractivity contribution in [2.75, 3.05) is 20.5 Å². The molecule has 6 heavy (non-hydrogen) atoms. The molecule has 0 atom stereocenters. The Morgan fingerprint density at radius 1 is 1.83 bits per heavy atom. The second kappa shape index (κ2) is 4.92. The van der Waals surface area contributed by atoms with Gasteiger partial charge >= 0.3 is 0 Å². The van der Waals surface area contributed by atoms with Crippen molar-refractivity contribution in [1.29, 1.82) is 0 Å². The third-order valence-corrected chi connectivity index (χ3v) is 0.371. The highest BCUT2D eigenvalue weighted by molar-refractivity contribution is 4.02. The first-order valence-corrected chi connectivity index (χ1v) is 1.86. The highest BCUT2D eigenvalue weighted by Gasteiger charge is 1.71. The third kappa shape index (κ3) is 3.92. The molecule has 38 valence electrons. The molecule has 0 aliphatic heterocycles. The molecule has 0 rings (SSSR count). The van der Waals surface area contributed by atoms with E-state index in [9.17, 15) is 0 Å². The topological polar surface area (TPSA) is 18.5 Å². The van der Waals surface area contributed by atoms with Crippen molar-refractivity contribution in [3.63, 3.8) is 0 Å². The lowest BCUT2D eigenvalue weighted by molar-refractivity contribution is -0.0250. The molecule has 0 radical (unpaired) electrons. The maximum atomic E-state index is 6.48. The van der Waals surface area contributed by atoms with Crippen LogP contribution in [0.25, 0.3) is 0 Å². The van der Waals surface area contributed by atoms with Crippen LogP contribution in [0.2, 0.25) is 0 Å². The maximum Gasteiger partial charge on any atom is 0.146 e. The number of rotatable bonds is 3. The smallest absolute Gasteiger partial charge is 0.146 e. The molecule has 0 saturated carbocycles. The molecule has 0 aliphatic carbocycles. The van der Waals surface area contributed by atoms with Gasteiger partial charge in [-0.15, -0.1) is 0 Å². The van der Waals surface area contributed by atoms with Crippen molar-refractivity contribution in [3.05, 3.63) is 0 Å². The van der Waals surface area contributed by atoms with Crippen LogP contribution < -0.4 is 0 Å². The van der Waals surface area contributed by atoms with Crippen LogP contribution in [0.4, 0.5) is 0 Å². The first-order valence-electron chi connectivity index (χ1n) is 2.57. The van der Waals surface area contributed by atoms with Gasteiger partial charge in [0.25, 0.3) is 0 Å². The van der Waals surface area contributed by atoms with E-state index in [1.54, 1.807) is 0 Å². The fourth-order valence-electron chi connectivity index (χ4n) is 0.142. The summed E-state index contributed by atoms with van der Waals surface area (Å²) in [6.45, 7) is 2.79. The van der Waals surface area contributed by atoms with E-state index in [2.05, 4.69) is 4.74 Å². The van der Waals surface area contributed by atoms with Crippen LogP contribution in [0, 0.1) is 0 Å². The second-order valence-electron chi connectivity index (χ2n) is 0.815. The van der Waals surface area contributed by atoms with E-state index in [1.165, 1.54) is 0 Å². The molecule has 0 amide bonds. The van der Waals surface area contributed by atoms with Gasteiger partial charge in [0, 0.05) is 13.7 Å². The van der Waals surface area contributed by atoms with Gasteiger partial charge in [-0.1, -0.05) is 0 Å². The van der Waals surface area contributed by atoms with Gasteiger partial charge < -0.3 is 9.47 Å². The van der Waals surface area contributed by atoms with E-state index in [1.807, 2.05) is 6.92 Å². The molecular formula is C4H10O2. The largest absolute Gasteiger partial charge is 0.359 e. The Hall–Kier alpha value is -0.0800. The van der Waals surface area contributed by atoms with Gasteiger partial charge in [-0.3, -0.25) is 0 Å². The predicted octanol–water partition coefficient (Wildman–Crippen LogP) is 0.627. The molecular weight excluding hydrogens is 80.0 g/mol. The summed E-state index contributed by atoms with van der Waals surface area (Å²) in [6, 6.07) is 0. The molecule has 0 saturated heterocycles.